The first-order chi connectivity index (χ1) is 2.56. The molecule has 0 amide bonds. The molecule has 0 saturated heterocycles. The van der Waals surface area contributed by atoms with Crippen molar-refractivity contribution in [1.82, 2.24) is 0 Å². The summed E-state index contributed by atoms with van der Waals surface area (Å²) in [6, 6.07) is 0. The van der Waals surface area contributed by atoms with Gasteiger partial charge in [-0.1, -0.05) is 0 Å². The summed E-state index contributed by atoms with van der Waals surface area (Å²) in [5.41, 5.74) is 0. The molecule has 0 atom stereocenters. The van der Waals surface area contributed by atoms with E-state index in [1.54, 1.807) is 0 Å². The van der Waals surface area contributed by atoms with Crippen molar-refractivity contribution in [1.29, 1.82) is 1.43 Å². The summed E-state index contributed by atoms with van der Waals surface area (Å²) in [5, 5.41) is 0. The molecular weight excluding hydrogens is 87.0 g/mol. The molecule has 0 heterocycles. The maximum Gasteiger partial charge on any atom is 0.219 e. The molecule has 0 aromatic rings. The largest absolute Gasteiger partial charge is 0.345 e. The van der Waals surface area contributed by atoms with Crippen LogP contribution in [0, 0.1) is 0 Å². The number of hydrogen-bond donors (Lipinski definition) is 1. The van der Waals surface area contributed by atoms with E-state index in [1.165, 1.54) is 13.3 Å². The Balaban J connectivity index is 3.48. The topological polar surface area (TPSA) is 37.3 Å². The van der Waals surface area contributed by atoms with Crippen LogP contribution in [0.2, 0.25) is 0 Å². The summed E-state index contributed by atoms with van der Waals surface area (Å²) in [4.78, 5) is 3.74. The van der Waals surface area contributed by atoms with E-state index >= 15 is 0 Å². The summed E-state index contributed by atoms with van der Waals surface area (Å²) in [7, 11) is -2.48. The van der Waals surface area contributed by atoms with Gasteiger partial charge in [-0.05, 0) is 0 Å². The minimum absolute atomic E-state index is 1.39. The van der Waals surface area contributed by atoms with Crippen LogP contribution in [-0.4, -0.2) is 19.7 Å². The molecule has 0 aliphatic heterocycles. The smallest absolute Gasteiger partial charge is 0.219 e. The van der Waals surface area contributed by atoms with Crippen LogP contribution in [0.3, 0.4) is 0 Å². The second kappa shape index (κ2) is 1.11. The molecule has 0 aromatic heterocycles. The van der Waals surface area contributed by atoms with Gasteiger partial charge in [0.2, 0.25) is 1.43 Å². The van der Waals surface area contributed by atoms with Crippen molar-refractivity contribution in [2.75, 3.05) is 13.3 Å². The number of rotatable bonds is 1. The monoisotopic (exact) mass is 95.0 g/mol. The van der Waals surface area contributed by atoms with Gasteiger partial charge in [0.25, 0.3) is 0 Å². The molecule has 2 nitrogen and oxygen atoms in total. The standard InChI is InChI=1S/C2H7O2P/c1-5(2,3)4/h1-2H3,(H,3,4)/i/hD. The maximum atomic E-state index is 10.2. The highest BCUT2D eigenvalue weighted by molar-refractivity contribution is 7.56. The Hall–Kier alpha value is 0.190. The molecule has 3 heteroatoms. The van der Waals surface area contributed by atoms with Gasteiger partial charge in [0.1, 0.15) is 0 Å². The van der Waals surface area contributed by atoms with Gasteiger partial charge >= 0.3 is 0 Å². The zero-order valence-corrected chi connectivity index (χ0v) is 4.16. The first-order valence-corrected chi connectivity index (χ1v) is 3.78. The van der Waals surface area contributed by atoms with E-state index < -0.39 is 7.37 Å². The van der Waals surface area contributed by atoms with Crippen LogP contribution >= 0.6 is 7.37 Å². The van der Waals surface area contributed by atoms with Crippen LogP contribution in [0.1, 0.15) is 0 Å². The van der Waals surface area contributed by atoms with E-state index in [9.17, 15) is 4.57 Å². The SMILES string of the molecule is [2H]OP(C)(C)=O. The highest BCUT2D eigenvalue weighted by atomic mass is 31.2. The minimum Gasteiger partial charge on any atom is -0.345 e. The van der Waals surface area contributed by atoms with Gasteiger partial charge in [0.05, 0.1) is 0 Å². The van der Waals surface area contributed by atoms with Crippen LogP contribution in [-0.2, 0) is 4.57 Å². The Kier molecular flexibility index (Phi) is 0.753. The summed E-state index contributed by atoms with van der Waals surface area (Å²) in [5.74, 6) is 0. The van der Waals surface area contributed by atoms with Crippen molar-refractivity contribution in [3.05, 3.63) is 0 Å². The van der Waals surface area contributed by atoms with Crippen LogP contribution in [0.25, 0.3) is 0 Å². The van der Waals surface area contributed by atoms with Gasteiger partial charge in [-0.3, -0.25) is 4.57 Å². The zero-order chi connectivity index (χ0) is 5.21. The molecule has 0 aliphatic carbocycles. The fourth-order valence-electron chi connectivity index (χ4n) is 0. The molecule has 0 bridgehead atoms. The van der Waals surface area contributed by atoms with Crippen molar-refractivity contribution in [3.8, 4) is 0 Å². The van der Waals surface area contributed by atoms with Gasteiger partial charge in [0.15, 0.2) is 7.37 Å². The lowest BCUT2D eigenvalue weighted by Crippen LogP contribution is -1.62. The molecule has 0 aliphatic rings. The summed E-state index contributed by atoms with van der Waals surface area (Å²) >= 11 is 0. The average Bonchev–Trinajstić information content (AvgIpc) is 1.35. The quantitative estimate of drug-likeness (QED) is 0.482. The van der Waals surface area contributed by atoms with Crippen molar-refractivity contribution >= 4 is 7.37 Å². The molecule has 1 N–H and O–H groups in total. The van der Waals surface area contributed by atoms with Crippen molar-refractivity contribution < 1.29 is 9.46 Å². The van der Waals surface area contributed by atoms with Crippen molar-refractivity contribution in [3.63, 3.8) is 0 Å². The minimum atomic E-state index is -2.48. The predicted octanol–water partition coefficient (Wildman–Crippen LogP) is 0.516. The third kappa shape index (κ3) is 557. The van der Waals surface area contributed by atoms with Crippen molar-refractivity contribution in [2.45, 2.75) is 0 Å². The highest BCUT2D eigenvalue weighted by Gasteiger charge is 1.92. The molecule has 0 radical (unpaired) electrons. The van der Waals surface area contributed by atoms with E-state index in [4.69, 9.17) is 1.43 Å². The Morgan fingerprint density at radius 3 is 2.20 bits per heavy atom. The van der Waals surface area contributed by atoms with Gasteiger partial charge in [-0.2, -0.15) is 0 Å². The molecule has 0 unspecified atom stereocenters. The van der Waals surface area contributed by atoms with E-state index in [-0.39, 0.29) is 0 Å². The molecule has 0 rings (SSSR count). The molecule has 0 spiro atoms. The summed E-state index contributed by atoms with van der Waals surface area (Å²) in [6.45, 7) is 2.78. The van der Waals surface area contributed by atoms with Crippen LogP contribution in [0.4, 0.5) is 0 Å². The third-order valence-corrected chi connectivity index (χ3v) is 0. The zero-order valence-electron chi connectivity index (χ0n) is 4.26. The normalized spacial score (nSPS) is 14.4. The summed E-state index contributed by atoms with van der Waals surface area (Å²) < 4.78 is 16.3. The van der Waals surface area contributed by atoms with Gasteiger partial charge in [-0.15, -0.1) is 0 Å². The molecule has 5 heavy (non-hydrogen) atoms. The van der Waals surface area contributed by atoms with E-state index in [0.29, 0.717) is 0 Å². The first-order valence-electron chi connectivity index (χ1n) is 1.67. The molecule has 0 fully saturated rings. The Morgan fingerprint density at radius 2 is 2.20 bits per heavy atom. The maximum absolute atomic E-state index is 10.2. The fraction of sp³-hybridized carbons (Fsp3) is 1.00. The average molecular weight is 95.1 g/mol. The molecular formula is C2H7O2P. The Labute approximate surface area is 32.8 Å². The second-order valence-corrected chi connectivity index (χ2v) is 3.76. The van der Waals surface area contributed by atoms with Crippen molar-refractivity contribution in [2.24, 2.45) is 0 Å². The Bertz CT molecular complexity index is 75.6. The van der Waals surface area contributed by atoms with Crippen LogP contribution < -0.4 is 0 Å². The molecule has 32 valence electrons. The van der Waals surface area contributed by atoms with Gasteiger partial charge in [0, 0.05) is 13.3 Å². The van der Waals surface area contributed by atoms with Crippen LogP contribution in [0.15, 0.2) is 0 Å². The van der Waals surface area contributed by atoms with Crippen LogP contribution in [0.5, 0.6) is 0 Å². The third-order valence-electron chi connectivity index (χ3n) is 0. The molecule has 0 aromatic carbocycles. The Morgan fingerprint density at radius 1 is 2.00 bits per heavy atom. The number of hydrogen-bond acceptors (Lipinski definition) is 2. The lowest BCUT2D eigenvalue weighted by atomic mass is 11.9. The molecule has 0 saturated carbocycles. The first kappa shape index (κ1) is 3.38. The predicted molar refractivity (Wildman–Crippen MR) is 21.7 cm³/mol. The fourth-order valence-corrected chi connectivity index (χ4v) is 0. The lowest BCUT2D eigenvalue weighted by Gasteiger charge is -1.86. The van der Waals surface area contributed by atoms with E-state index in [0.717, 1.165) is 0 Å². The highest BCUT2D eigenvalue weighted by Crippen LogP contribution is 2.27. The summed E-state index contributed by atoms with van der Waals surface area (Å²) in [6.07, 6.45) is 0. The van der Waals surface area contributed by atoms with E-state index in [1.807, 2.05) is 0 Å². The lowest BCUT2D eigenvalue weighted by molar-refractivity contribution is 0.492. The van der Waals surface area contributed by atoms with Gasteiger partial charge in [-0.25, -0.2) is 0 Å². The second-order valence-electron chi connectivity index (χ2n) is 1.25. The van der Waals surface area contributed by atoms with Gasteiger partial charge < -0.3 is 4.90 Å². The van der Waals surface area contributed by atoms with E-state index in [2.05, 4.69) is 4.90 Å².